The molecule has 0 unspecified atom stereocenters. The van der Waals surface area contributed by atoms with Crippen LogP contribution in [0.2, 0.25) is 0 Å². The fourth-order valence-corrected chi connectivity index (χ4v) is 4.44. The summed E-state index contributed by atoms with van der Waals surface area (Å²) in [4.78, 5) is 27.3. The molecule has 36 heavy (non-hydrogen) atoms. The summed E-state index contributed by atoms with van der Waals surface area (Å²) in [7, 11) is -3.84. The lowest BCUT2D eigenvalue weighted by molar-refractivity contribution is -0.140. The first-order chi connectivity index (χ1) is 16.8. The number of anilines is 1. The van der Waals surface area contributed by atoms with Crippen molar-refractivity contribution >= 4 is 27.5 Å². The van der Waals surface area contributed by atoms with E-state index in [2.05, 4.69) is 5.32 Å². The van der Waals surface area contributed by atoms with E-state index in [9.17, 15) is 31.2 Å². The van der Waals surface area contributed by atoms with E-state index in [0.29, 0.717) is 12.0 Å². The third kappa shape index (κ3) is 8.25. The van der Waals surface area contributed by atoms with Crippen LogP contribution < -0.4 is 9.62 Å². The summed E-state index contributed by atoms with van der Waals surface area (Å²) in [5.74, 6) is -3.49. The minimum Gasteiger partial charge on any atom is -0.352 e. The molecule has 2 rings (SSSR count). The van der Waals surface area contributed by atoms with Crippen LogP contribution in [0.25, 0.3) is 0 Å². The molecule has 0 saturated heterocycles. The summed E-state index contributed by atoms with van der Waals surface area (Å²) in [6.45, 7) is 5.23. The Hall–Kier alpha value is -3.08. The van der Waals surface area contributed by atoms with Crippen LogP contribution in [0.4, 0.5) is 18.9 Å². The zero-order chi connectivity index (χ0) is 27.0. The molecular weight excluding hydrogens is 495 g/mol. The van der Waals surface area contributed by atoms with Gasteiger partial charge in [-0.05, 0) is 56.5 Å². The van der Waals surface area contributed by atoms with Crippen LogP contribution in [0.3, 0.4) is 0 Å². The van der Waals surface area contributed by atoms with E-state index in [1.54, 1.807) is 6.92 Å². The number of nitrogens with one attached hydrogen (secondary N) is 1. The summed E-state index contributed by atoms with van der Waals surface area (Å²) in [5, 5.41) is 2.84. The number of carbonyl (C=O) groups excluding carboxylic acids is 2. The van der Waals surface area contributed by atoms with Crippen molar-refractivity contribution in [3.8, 4) is 0 Å². The minimum atomic E-state index is -3.84. The maximum Gasteiger partial charge on any atom is 0.242 e. The molecule has 0 heterocycles. The van der Waals surface area contributed by atoms with E-state index in [-0.39, 0.29) is 43.6 Å². The number of carbonyl (C=O) groups is 2. The second-order valence-corrected chi connectivity index (χ2v) is 10.6. The molecule has 0 spiro atoms. The summed E-state index contributed by atoms with van der Waals surface area (Å²) in [6, 6.07) is 7.37. The first-order valence-corrected chi connectivity index (χ1v) is 13.4. The molecule has 198 valence electrons. The number of rotatable bonds is 12. The van der Waals surface area contributed by atoms with Crippen molar-refractivity contribution in [2.75, 3.05) is 17.1 Å². The largest absolute Gasteiger partial charge is 0.352 e. The van der Waals surface area contributed by atoms with Gasteiger partial charge in [-0.1, -0.05) is 19.1 Å². The van der Waals surface area contributed by atoms with Gasteiger partial charge in [0, 0.05) is 31.6 Å². The molecule has 0 fully saturated rings. The second kappa shape index (κ2) is 12.8. The molecule has 2 atom stereocenters. The van der Waals surface area contributed by atoms with E-state index >= 15 is 0 Å². The zero-order valence-corrected chi connectivity index (χ0v) is 21.6. The third-order valence-electron chi connectivity index (χ3n) is 5.78. The fraction of sp³-hybridized carbons (Fsp3) is 0.440. The average Bonchev–Trinajstić information content (AvgIpc) is 2.81. The predicted octanol–water partition coefficient (Wildman–Crippen LogP) is 3.98. The highest BCUT2D eigenvalue weighted by molar-refractivity contribution is 7.92. The normalized spacial score (nSPS) is 13.1. The first kappa shape index (κ1) is 29.2. The first-order valence-electron chi connectivity index (χ1n) is 11.6. The van der Waals surface area contributed by atoms with Crippen molar-refractivity contribution in [3.63, 3.8) is 0 Å². The molecule has 2 aromatic carbocycles. The Morgan fingerprint density at radius 1 is 1.00 bits per heavy atom. The Morgan fingerprint density at radius 2 is 1.64 bits per heavy atom. The van der Waals surface area contributed by atoms with Crippen LogP contribution in [0, 0.1) is 17.5 Å². The van der Waals surface area contributed by atoms with Gasteiger partial charge in [0.2, 0.25) is 21.8 Å². The summed E-state index contributed by atoms with van der Waals surface area (Å²) < 4.78 is 65.7. The molecule has 0 saturated carbocycles. The van der Waals surface area contributed by atoms with Crippen LogP contribution in [0.15, 0.2) is 42.5 Å². The van der Waals surface area contributed by atoms with E-state index in [1.165, 1.54) is 29.2 Å². The van der Waals surface area contributed by atoms with Gasteiger partial charge in [0.05, 0.1) is 11.9 Å². The highest BCUT2D eigenvalue weighted by atomic mass is 32.2. The summed E-state index contributed by atoms with van der Waals surface area (Å²) in [5.41, 5.74) is 0.556. The monoisotopic (exact) mass is 527 g/mol. The molecule has 2 aromatic rings. The molecule has 1 N–H and O–H groups in total. The zero-order valence-electron chi connectivity index (χ0n) is 20.8. The van der Waals surface area contributed by atoms with Crippen LogP contribution in [0.1, 0.15) is 45.6 Å². The third-order valence-corrected chi connectivity index (χ3v) is 6.97. The average molecular weight is 528 g/mol. The van der Waals surface area contributed by atoms with E-state index in [4.69, 9.17) is 0 Å². The number of halogens is 3. The topological polar surface area (TPSA) is 86.8 Å². The number of sulfonamides is 1. The standard InChI is InChI=1S/C25H32F3N3O4S/c1-5-17(2)29-25(33)18(3)30(16-19-8-10-20(26)11-9-19)24(32)7-6-14-31(36(4,34)35)21-12-13-22(27)23(28)15-21/h8-13,15,17-18H,5-7,14,16H2,1-4H3,(H,29,33)/t17-,18+/m0/s1. The number of hydrogen-bond donors (Lipinski definition) is 1. The van der Waals surface area contributed by atoms with Gasteiger partial charge >= 0.3 is 0 Å². The summed E-state index contributed by atoms with van der Waals surface area (Å²) in [6.07, 6.45) is 1.58. The summed E-state index contributed by atoms with van der Waals surface area (Å²) >= 11 is 0. The van der Waals surface area contributed by atoms with Gasteiger partial charge in [-0.15, -0.1) is 0 Å². The Bertz CT molecular complexity index is 1160. The van der Waals surface area contributed by atoms with Crippen molar-refractivity contribution in [2.45, 2.75) is 58.7 Å². The molecule has 0 radical (unpaired) electrons. The highest BCUT2D eigenvalue weighted by Crippen LogP contribution is 2.21. The van der Waals surface area contributed by atoms with Crippen LogP contribution in [0.5, 0.6) is 0 Å². The molecule has 11 heteroatoms. The highest BCUT2D eigenvalue weighted by Gasteiger charge is 2.27. The fourth-order valence-electron chi connectivity index (χ4n) is 3.48. The van der Waals surface area contributed by atoms with Gasteiger partial charge in [0.25, 0.3) is 0 Å². The Kier molecular flexibility index (Phi) is 10.3. The van der Waals surface area contributed by atoms with Crippen LogP contribution in [-0.2, 0) is 26.2 Å². The number of amides is 2. The van der Waals surface area contributed by atoms with Gasteiger partial charge < -0.3 is 10.2 Å². The lowest BCUT2D eigenvalue weighted by Crippen LogP contribution is -2.49. The van der Waals surface area contributed by atoms with Gasteiger partial charge in [0.15, 0.2) is 11.6 Å². The van der Waals surface area contributed by atoms with Gasteiger partial charge in [0.1, 0.15) is 11.9 Å². The maximum atomic E-state index is 13.7. The molecule has 7 nitrogen and oxygen atoms in total. The van der Waals surface area contributed by atoms with Gasteiger partial charge in [-0.2, -0.15) is 0 Å². The smallest absolute Gasteiger partial charge is 0.242 e. The Morgan fingerprint density at radius 3 is 2.19 bits per heavy atom. The van der Waals surface area contributed by atoms with Crippen molar-refractivity contribution < 1.29 is 31.2 Å². The van der Waals surface area contributed by atoms with Crippen molar-refractivity contribution in [1.82, 2.24) is 10.2 Å². The van der Waals surface area contributed by atoms with E-state index < -0.39 is 39.4 Å². The molecule has 2 amide bonds. The van der Waals surface area contributed by atoms with Gasteiger partial charge in [-0.25, -0.2) is 21.6 Å². The Labute approximate surface area is 210 Å². The van der Waals surface area contributed by atoms with Gasteiger partial charge in [-0.3, -0.25) is 13.9 Å². The quantitative estimate of drug-likeness (QED) is 0.452. The van der Waals surface area contributed by atoms with Crippen molar-refractivity contribution in [3.05, 3.63) is 65.5 Å². The SMILES string of the molecule is CC[C@H](C)NC(=O)[C@@H](C)N(Cc1ccc(F)cc1)C(=O)CCCN(c1ccc(F)c(F)c1)S(C)(=O)=O. The van der Waals surface area contributed by atoms with Crippen LogP contribution in [-0.4, -0.2) is 50.0 Å². The second-order valence-electron chi connectivity index (χ2n) is 8.68. The molecule has 0 aliphatic carbocycles. The maximum absolute atomic E-state index is 13.7. The van der Waals surface area contributed by atoms with Crippen molar-refractivity contribution in [2.24, 2.45) is 0 Å². The van der Waals surface area contributed by atoms with E-state index in [1.807, 2.05) is 13.8 Å². The Balaban J connectivity index is 2.18. The van der Waals surface area contributed by atoms with E-state index in [0.717, 1.165) is 28.8 Å². The number of benzene rings is 2. The molecule has 0 aliphatic rings. The minimum absolute atomic E-state index is 0.0488. The molecule has 0 bridgehead atoms. The molecular formula is C25H32F3N3O4S. The van der Waals surface area contributed by atoms with Crippen molar-refractivity contribution in [1.29, 1.82) is 0 Å². The number of hydrogen-bond acceptors (Lipinski definition) is 4. The molecule has 0 aliphatic heterocycles. The lowest BCUT2D eigenvalue weighted by atomic mass is 10.1. The van der Waals surface area contributed by atoms with Crippen LogP contribution >= 0.6 is 0 Å². The predicted molar refractivity (Wildman–Crippen MR) is 132 cm³/mol. The number of nitrogens with zero attached hydrogens (tertiary/aromatic N) is 2. The molecule has 0 aromatic heterocycles. The lowest BCUT2D eigenvalue weighted by Gasteiger charge is -2.30.